The molecule has 16 heavy (non-hydrogen) atoms. The van der Waals surface area contributed by atoms with E-state index in [0.29, 0.717) is 10.6 Å². The summed E-state index contributed by atoms with van der Waals surface area (Å²) in [5, 5.41) is 3.81. The molecular weight excluding hydrogens is 232 g/mol. The summed E-state index contributed by atoms with van der Waals surface area (Å²) < 4.78 is 30.4. The van der Waals surface area contributed by atoms with Crippen molar-refractivity contribution in [1.29, 1.82) is 0 Å². The first kappa shape index (κ1) is 11.1. The van der Waals surface area contributed by atoms with E-state index >= 15 is 0 Å². The molecule has 0 saturated heterocycles. The van der Waals surface area contributed by atoms with Gasteiger partial charge in [-0.25, -0.2) is 8.78 Å². The molecule has 0 fully saturated rings. The first-order valence-electron chi connectivity index (χ1n) is 4.65. The summed E-state index contributed by atoms with van der Waals surface area (Å²) in [5.41, 5.74) is 0.784. The third-order valence-electron chi connectivity index (χ3n) is 1.95. The maximum atomic E-state index is 12.9. The van der Waals surface area contributed by atoms with Gasteiger partial charge in [0.2, 0.25) is 0 Å². The Kier molecular flexibility index (Phi) is 3.24. The molecule has 0 saturated carbocycles. The molecule has 0 radical (unpaired) electrons. The van der Waals surface area contributed by atoms with Crippen LogP contribution in [0.2, 0.25) is 0 Å². The number of hydrogen-bond acceptors (Lipinski definition) is 3. The number of hydrogen-bond donors (Lipinski definition) is 0. The van der Waals surface area contributed by atoms with E-state index in [1.165, 1.54) is 23.9 Å². The number of rotatable bonds is 3. The number of nitrogens with zero attached hydrogens (tertiary/aromatic N) is 1. The highest BCUT2D eigenvalue weighted by Crippen LogP contribution is 2.24. The lowest BCUT2D eigenvalue weighted by atomic mass is 10.3. The van der Waals surface area contributed by atoms with Crippen molar-refractivity contribution in [3.8, 4) is 0 Å². The normalized spacial score (nSPS) is 10.7. The van der Waals surface area contributed by atoms with E-state index in [2.05, 4.69) is 5.16 Å². The highest BCUT2D eigenvalue weighted by Gasteiger charge is 2.05. The minimum Gasteiger partial charge on any atom is -0.361 e. The number of halogens is 2. The number of aromatic nitrogens is 1. The van der Waals surface area contributed by atoms with E-state index in [1.54, 1.807) is 6.92 Å². The second-order valence-corrected chi connectivity index (χ2v) is 4.34. The van der Waals surface area contributed by atoms with Crippen molar-refractivity contribution < 1.29 is 13.3 Å². The third-order valence-corrected chi connectivity index (χ3v) is 2.98. The van der Waals surface area contributed by atoms with Crippen LogP contribution in [0, 0.1) is 18.6 Å². The minimum absolute atomic E-state index is 0.572. The summed E-state index contributed by atoms with van der Waals surface area (Å²) in [7, 11) is 0. The molecule has 0 spiro atoms. The minimum atomic E-state index is -0.832. The third kappa shape index (κ3) is 2.61. The fourth-order valence-corrected chi connectivity index (χ4v) is 2.01. The summed E-state index contributed by atoms with van der Waals surface area (Å²) in [5.74, 6) is -0.355. The van der Waals surface area contributed by atoms with Gasteiger partial charge in [-0.05, 0) is 25.1 Å². The maximum Gasteiger partial charge on any atom is 0.159 e. The molecule has 0 aliphatic heterocycles. The van der Waals surface area contributed by atoms with E-state index in [9.17, 15) is 8.78 Å². The smallest absolute Gasteiger partial charge is 0.159 e. The molecule has 2 rings (SSSR count). The van der Waals surface area contributed by atoms with Gasteiger partial charge in [-0.15, -0.1) is 11.8 Å². The Hall–Kier alpha value is -1.36. The zero-order valence-electron chi connectivity index (χ0n) is 8.54. The number of thioether (sulfide) groups is 1. The van der Waals surface area contributed by atoms with Crippen LogP contribution in [-0.2, 0) is 5.75 Å². The number of aryl methyl sites for hydroxylation is 1. The Morgan fingerprint density at radius 2 is 2.06 bits per heavy atom. The van der Waals surface area contributed by atoms with E-state index in [1.807, 2.05) is 6.07 Å². The van der Waals surface area contributed by atoms with Crippen LogP contribution >= 0.6 is 11.8 Å². The zero-order chi connectivity index (χ0) is 11.5. The van der Waals surface area contributed by atoms with E-state index in [4.69, 9.17) is 4.52 Å². The summed E-state index contributed by atoms with van der Waals surface area (Å²) >= 11 is 1.38. The molecule has 5 heteroatoms. The van der Waals surface area contributed by atoms with Gasteiger partial charge >= 0.3 is 0 Å². The van der Waals surface area contributed by atoms with Gasteiger partial charge in [0.1, 0.15) is 5.76 Å². The summed E-state index contributed by atoms with van der Waals surface area (Å²) in [4.78, 5) is 0.666. The van der Waals surface area contributed by atoms with Crippen molar-refractivity contribution >= 4 is 11.8 Å². The Morgan fingerprint density at radius 3 is 2.69 bits per heavy atom. The fraction of sp³-hybridized carbons (Fsp3) is 0.182. The summed E-state index contributed by atoms with van der Waals surface area (Å²) in [6.07, 6.45) is 0. The lowest BCUT2D eigenvalue weighted by molar-refractivity contribution is 0.393. The molecule has 0 N–H and O–H groups in total. The van der Waals surface area contributed by atoms with E-state index in [-0.39, 0.29) is 0 Å². The molecule has 1 aromatic heterocycles. The molecule has 2 nitrogen and oxygen atoms in total. The average molecular weight is 241 g/mol. The molecule has 84 valence electrons. The van der Waals surface area contributed by atoms with Crippen LogP contribution in [0.5, 0.6) is 0 Å². The van der Waals surface area contributed by atoms with Crippen LogP contribution in [0.3, 0.4) is 0 Å². The second-order valence-electron chi connectivity index (χ2n) is 3.29. The van der Waals surface area contributed by atoms with Crippen LogP contribution in [0.15, 0.2) is 33.7 Å². The highest BCUT2D eigenvalue weighted by molar-refractivity contribution is 7.98. The molecule has 0 aliphatic carbocycles. The molecule has 0 unspecified atom stereocenters. The maximum absolute atomic E-state index is 12.9. The van der Waals surface area contributed by atoms with Gasteiger partial charge < -0.3 is 4.52 Å². The summed E-state index contributed by atoms with van der Waals surface area (Å²) in [6.45, 7) is 1.80. The first-order chi connectivity index (χ1) is 7.65. The highest BCUT2D eigenvalue weighted by atomic mass is 32.2. The van der Waals surface area contributed by atoms with Gasteiger partial charge in [-0.3, -0.25) is 0 Å². The predicted molar refractivity (Wildman–Crippen MR) is 57.2 cm³/mol. The molecule has 1 aromatic carbocycles. The second kappa shape index (κ2) is 4.65. The largest absolute Gasteiger partial charge is 0.361 e. The molecule has 0 amide bonds. The standard InChI is InChI=1S/C11H9F2NOS/c1-7-4-8(14-15-7)6-16-9-2-3-10(12)11(13)5-9/h2-5H,6H2,1H3. The Balaban J connectivity index is 2.02. The summed E-state index contributed by atoms with van der Waals surface area (Å²) in [6, 6.07) is 5.64. The van der Waals surface area contributed by atoms with Gasteiger partial charge in [0.15, 0.2) is 11.6 Å². The Bertz CT molecular complexity index is 498. The van der Waals surface area contributed by atoms with Crippen LogP contribution in [-0.4, -0.2) is 5.16 Å². The lowest BCUT2D eigenvalue weighted by Crippen LogP contribution is -1.84. The number of benzene rings is 1. The average Bonchev–Trinajstić information content (AvgIpc) is 2.66. The van der Waals surface area contributed by atoms with Crippen molar-refractivity contribution in [3.63, 3.8) is 0 Å². The molecule has 0 bridgehead atoms. The topological polar surface area (TPSA) is 26.0 Å². The van der Waals surface area contributed by atoms with Gasteiger partial charge in [-0.1, -0.05) is 5.16 Å². The van der Waals surface area contributed by atoms with E-state index < -0.39 is 11.6 Å². The zero-order valence-corrected chi connectivity index (χ0v) is 9.35. The molecule has 2 aromatic rings. The van der Waals surface area contributed by atoms with Crippen molar-refractivity contribution in [2.75, 3.05) is 0 Å². The first-order valence-corrected chi connectivity index (χ1v) is 5.64. The van der Waals surface area contributed by atoms with Crippen LogP contribution in [0.1, 0.15) is 11.5 Å². The van der Waals surface area contributed by atoms with Gasteiger partial charge in [-0.2, -0.15) is 0 Å². The molecular formula is C11H9F2NOS. The van der Waals surface area contributed by atoms with Crippen LogP contribution < -0.4 is 0 Å². The fourth-order valence-electron chi connectivity index (χ4n) is 1.21. The van der Waals surface area contributed by atoms with Crippen LogP contribution in [0.25, 0.3) is 0 Å². The van der Waals surface area contributed by atoms with Crippen LogP contribution in [0.4, 0.5) is 8.78 Å². The molecule has 0 aliphatic rings. The van der Waals surface area contributed by atoms with E-state index in [0.717, 1.165) is 17.5 Å². The van der Waals surface area contributed by atoms with Crippen molar-refractivity contribution in [1.82, 2.24) is 5.16 Å². The Labute approximate surface area is 95.6 Å². The van der Waals surface area contributed by atoms with Crippen molar-refractivity contribution in [2.45, 2.75) is 17.6 Å². The SMILES string of the molecule is Cc1cc(CSc2ccc(F)c(F)c2)no1. The molecule has 1 heterocycles. The predicted octanol–water partition coefficient (Wildman–Crippen LogP) is 3.55. The van der Waals surface area contributed by atoms with Gasteiger partial charge in [0.25, 0.3) is 0 Å². The monoisotopic (exact) mass is 241 g/mol. The Morgan fingerprint density at radius 1 is 1.25 bits per heavy atom. The van der Waals surface area contributed by atoms with Crippen molar-refractivity contribution in [2.24, 2.45) is 0 Å². The quantitative estimate of drug-likeness (QED) is 0.768. The lowest BCUT2D eigenvalue weighted by Gasteiger charge is -1.99. The van der Waals surface area contributed by atoms with Crippen molar-refractivity contribution in [3.05, 3.63) is 47.4 Å². The van der Waals surface area contributed by atoms with Gasteiger partial charge in [0.05, 0.1) is 5.69 Å². The molecule has 0 atom stereocenters. The van der Waals surface area contributed by atoms with Gasteiger partial charge in [0, 0.05) is 16.7 Å².